The van der Waals surface area contributed by atoms with Crippen LogP contribution >= 0.6 is 0 Å². The van der Waals surface area contributed by atoms with E-state index in [1.807, 2.05) is 32.9 Å². The molecule has 0 fully saturated rings. The molecule has 0 radical (unpaired) electrons. The zero-order valence-electron chi connectivity index (χ0n) is 16.9. The number of benzene rings is 2. The molecule has 2 aromatic carbocycles. The predicted molar refractivity (Wildman–Crippen MR) is 110 cm³/mol. The van der Waals surface area contributed by atoms with Gasteiger partial charge in [0.15, 0.2) is 0 Å². The second-order valence-corrected chi connectivity index (χ2v) is 7.28. The third kappa shape index (κ3) is 7.37. The first-order valence-electron chi connectivity index (χ1n) is 9.42. The van der Waals surface area contributed by atoms with E-state index < -0.39 is 17.6 Å². The Labute approximate surface area is 170 Å². The first kappa shape index (κ1) is 22.1. The van der Waals surface area contributed by atoms with Gasteiger partial charge in [0.1, 0.15) is 5.82 Å². The Morgan fingerprint density at radius 1 is 1.03 bits per heavy atom. The molecule has 2 aromatic rings. The van der Waals surface area contributed by atoms with Gasteiger partial charge in [-0.15, -0.1) is 0 Å². The van der Waals surface area contributed by atoms with Crippen molar-refractivity contribution in [3.63, 3.8) is 0 Å². The van der Waals surface area contributed by atoms with E-state index in [0.717, 1.165) is 11.6 Å². The fourth-order valence-electron chi connectivity index (χ4n) is 2.71. The number of amides is 3. The summed E-state index contributed by atoms with van der Waals surface area (Å²) in [5.41, 5.74) is 1.89. The maximum Gasteiger partial charge on any atom is 0.254 e. The Morgan fingerprint density at radius 3 is 2.34 bits per heavy atom. The Bertz CT molecular complexity index is 866. The maximum atomic E-state index is 13.4. The fraction of sp³-hybridized carbons (Fsp3) is 0.318. The Kier molecular flexibility index (Phi) is 7.88. The monoisotopic (exact) mass is 399 g/mol. The molecule has 0 atom stereocenters. The van der Waals surface area contributed by atoms with Crippen LogP contribution in [0.2, 0.25) is 0 Å². The van der Waals surface area contributed by atoms with Crippen LogP contribution in [0.25, 0.3) is 0 Å². The van der Waals surface area contributed by atoms with E-state index in [1.165, 1.54) is 23.1 Å². The Hall–Kier alpha value is -3.22. The minimum atomic E-state index is -0.516. The molecule has 29 heavy (non-hydrogen) atoms. The van der Waals surface area contributed by atoms with E-state index in [4.69, 9.17) is 0 Å². The van der Waals surface area contributed by atoms with E-state index >= 15 is 0 Å². The predicted octanol–water partition coefficient (Wildman–Crippen LogP) is 2.99. The SMILES string of the molecule is Cc1ccc(NC(=O)CNC(=O)CN(CC(C)C)C(=O)c2cccc(F)c2)cc1. The molecule has 0 saturated heterocycles. The highest BCUT2D eigenvalue weighted by Crippen LogP contribution is 2.10. The number of hydrogen-bond acceptors (Lipinski definition) is 3. The van der Waals surface area contributed by atoms with Gasteiger partial charge in [-0.25, -0.2) is 4.39 Å². The van der Waals surface area contributed by atoms with Crippen LogP contribution in [0.3, 0.4) is 0 Å². The molecule has 0 heterocycles. The number of anilines is 1. The molecule has 2 N–H and O–H groups in total. The van der Waals surface area contributed by atoms with Crippen LogP contribution in [0.15, 0.2) is 48.5 Å². The van der Waals surface area contributed by atoms with Crippen molar-refractivity contribution in [1.82, 2.24) is 10.2 Å². The summed E-state index contributed by atoms with van der Waals surface area (Å²) in [5, 5.41) is 5.21. The largest absolute Gasteiger partial charge is 0.345 e. The lowest BCUT2D eigenvalue weighted by atomic mass is 10.1. The van der Waals surface area contributed by atoms with Gasteiger partial charge in [-0.05, 0) is 43.2 Å². The second kappa shape index (κ2) is 10.4. The van der Waals surface area contributed by atoms with Gasteiger partial charge in [0.25, 0.3) is 5.91 Å². The van der Waals surface area contributed by atoms with E-state index in [0.29, 0.717) is 12.2 Å². The topological polar surface area (TPSA) is 78.5 Å². The lowest BCUT2D eigenvalue weighted by molar-refractivity contribution is -0.124. The van der Waals surface area contributed by atoms with Crippen molar-refractivity contribution < 1.29 is 18.8 Å². The number of nitrogens with zero attached hydrogens (tertiary/aromatic N) is 1. The number of halogens is 1. The number of rotatable bonds is 8. The summed E-state index contributed by atoms with van der Waals surface area (Å²) >= 11 is 0. The summed E-state index contributed by atoms with van der Waals surface area (Å²) in [4.78, 5) is 38.3. The van der Waals surface area contributed by atoms with E-state index in [9.17, 15) is 18.8 Å². The smallest absolute Gasteiger partial charge is 0.254 e. The van der Waals surface area contributed by atoms with Crippen LogP contribution in [0.4, 0.5) is 10.1 Å². The number of hydrogen-bond donors (Lipinski definition) is 2. The van der Waals surface area contributed by atoms with Crippen molar-refractivity contribution >= 4 is 23.4 Å². The van der Waals surface area contributed by atoms with Crippen molar-refractivity contribution in [3.05, 3.63) is 65.5 Å². The quantitative estimate of drug-likeness (QED) is 0.716. The van der Waals surface area contributed by atoms with Crippen molar-refractivity contribution in [3.8, 4) is 0 Å². The zero-order valence-corrected chi connectivity index (χ0v) is 16.9. The average molecular weight is 399 g/mol. The van der Waals surface area contributed by atoms with Crippen LogP contribution in [0, 0.1) is 18.7 Å². The number of aryl methyl sites for hydroxylation is 1. The van der Waals surface area contributed by atoms with Crippen LogP contribution in [-0.2, 0) is 9.59 Å². The van der Waals surface area contributed by atoms with Crippen LogP contribution in [-0.4, -0.2) is 42.3 Å². The molecule has 2 rings (SSSR count). The van der Waals surface area contributed by atoms with Crippen molar-refractivity contribution in [2.24, 2.45) is 5.92 Å². The zero-order chi connectivity index (χ0) is 21.4. The van der Waals surface area contributed by atoms with Crippen molar-refractivity contribution in [2.45, 2.75) is 20.8 Å². The van der Waals surface area contributed by atoms with Gasteiger partial charge < -0.3 is 15.5 Å². The summed E-state index contributed by atoms with van der Waals surface area (Å²) in [6.07, 6.45) is 0. The highest BCUT2D eigenvalue weighted by molar-refractivity contribution is 5.98. The van der Waals surface area contributed by atoms with Gasteiger partial charge in [-0.1, -0.05) is 37.6 Å². The van der Waals surface area contributed by atoms with Gasteiger partial charge in [-0.2, -0.15) is 0 Å². The van der Waals surface area contributed by atoms with Crippen molar-refractivity contribution in [1.29, 1.82) is 0 Å². The molecule has 0 saturated carbocycles. The molecular weight excluding hydrogens is 373 g/mol. The molecule has 0 aromatic heterocycles. The Balaban J connectivity index is 1.92. The molecule has 0 aliphatic carbocycles. The normalized spacial score (nSPS) is 10.5. The Morgan fingerprint density at radius 2 is 1.72 bits per heavy atom. The average Bonchev–Trinajstić information content (AvgIpc) is 2.67. The number of nitrogens with one attached hydrogen (secondary N) is 2. The van der Waals surface area contributed by atoms with Crippen molar-refractivity contribution in [2.75, 3.05) is 25.0 Å². The first-order chi connectivity index (χ1) is 13.7. The van der Waals surface area contributed by atoms with Gasteiger partial charge >= 0.3 is 0 Å². The fourth-order valence-corrected chi connectivity index (χ4v) is 2.71. The third-order valence-corrected chi connectivity index (χ3v) is 4.06. The van der Waals surface area contributed by atoms with Gasteiger partial charge in [0.05, 0.1) is 13.1 Å². The van der Waals surface area contributed by atoms with E-state index in [1.54, 1.807) is 12.1 Å². The maximum absolute atomic E-state index is 13.4. The van der Waals surface area contributed by atoms with Crippen LogP contribution in [0.5, 0.6) is 0 Å². The molecule has 7 heteroatoms. The molecule has 0 bridgehead atoms. The molecule has 0 aliphatic rings. The van der Waals surface area contributed by atoms with Gasteiger partial charge in [-0.3, -0.25) is 14.4 Å². The molecule has 0 spiro atoms. The second-order valence-electron chi connectivity index (χ2n) is 7.28. The minimum absolute atomic E-state index is 0.116. The summed E-state index contributed by atoms with van der Waals surface area (Å²) in [6.45, 7) is 5.68. The molecule has 0 aliphatic heterocycles. The highest BCUT2D eigenvalue weighted by Gasteiger charge is 2.20. The van der Waals surface area contributed by atoms with Gasteiger partial charge in [0, 0.05) is 17.8 Å². The number of carbonyl (C=O) groups is 3. The number of carbonyl (C=O) groups excluding carboxylic acids is 3. The standard InChI is InChI=1S/C22H26FN3O3/c1-15(2)13-26(22(29)17-5-4-6-18(23)11-17)14-21(28)24-12-20(27)25-19-9-7-16(3)8-10-19/h4-11,15H,12-14H2,1-3H3,(H,24,28)(H,25,27). The van der Waals surface area contributed by atoms with E-state index in [-0.39, 0.29) is 30.5 Å². The molecule has 154 valence electrons. The minimum Gasteiger partial charge on any atom is -0.345 e. The highest BCUT2D eigenvalue weighted by atomic mass is 19.1. The summed E-state index contributed by atoms with van der Waals surface area (Å²) < 4.78 is 13.4. The third-order valence-electron chi connectivity index (χ3n) is 4.06. The lowest BCUT2D eigenvalue weighted by Crippen LogP contribution is -2.44. The van der Waals surface area contributed by atoms with Gasteiger partial charge in [0.2, 0.25) is 11.8 Å². The molecule has 6 nitrogen and oxygen atoms in total. The summed E-state index contributed by atoms with van der Waals surface area (Å²) in [5.74, 6) is -1.66. The summed E-state index contributed by atoms with van der Waals surface area (Å²) in [6, 6.07) is 12.6. The van der Waals surface area contributed by atoms with Crippen LogP contribution < -0.4 is 10.6 Å². The van der Waals surface area contributed by atoms with E-state index in [2.05, 4.69) is 10.6 Å². The molecule has 3 amide bonds. The summed E-state index contributed by atoms with van der Waals surface area (Å²) in [7, 11) is 0. The molecule has 0 unspecified atom stereocenters. The lowest BCUT2D eigenvalue weighted by Gasteiger charge is -2.24. The first-order valence-corrected chi connectivity index (χ1v) is 9.42. The van der Waals surface area contributed by atoms with Crippen LogP contribution in [0.1, 0.15) is 29.8 Å². The molecular formula is C22H26FN3O3.